The molecule has 0 aliphatic heterocycles. The average Bonchev–Trinajstić information content (AvgIpc) is 2.78. The van der Waals surface area contributed by atoms with Crippen LogP contribution in [0.2, 0.25) is 0 Å². The highest BCUT2D eigenvalue weighted by Gasteiger charge is 2.28. The van der Waals surface area contributed by atoms with E-state index in [1.165, 1.54) is 37.1 Å². The minimum atomic E-state index is 0.482. The van der Waals surface area contributed by atoms with E-state index >= 15 is 0 Å². The minimum absolute atomic E-state index is 0.482. The smallest absolute Gasteiger partial charge is 0.0625 e. The SMILES string of the molecule is CCNC(c1cc(CC)nn1C)C1CCC(C)CC1. The van der Waals surface area contributed by atoms with E-state index in [0.717, 1.165) is 24.8 Å². The lowest BCUT2D eigenvalue weighted by molar-refractivity contribution is 0.227. The summed E-state index contributed by atoms with van der Waals surface area (Å²) in [5.74, 6) is 1.69. The number of aryl methyl sites for hydroxylation is 2. The molecule has 19 heavy (non-hydrogen) atoms. The molecule has 108 valence electrons. The first-order chi connectivity index (χ1) is 9.15. The van der Waals surface area contributed by atoms with E-state index in [0.29, 0.717) is 6.04 Å². The highest BCUT2D eigenvalue weighted by Crippen LogP contribution is 2.36. The predicted molar refractivity (Wildman–Crippen MR) is 80.1 cm³/mol. The summed E-state index contributed by atoms with van der Waals surface area (Å²) in [5.41, 5.74) is 2.59. The second-order valence-electron chi connectivity index (χ2n) is 6.09. The summed E-state index contributed by atoms with van der Waals surface area (Å²) in [4.78, 5) is 0. The summed E-state index contributed by atoms with van der Waals surface area (Å²) in [6.45, 7) is 7.80. The van der Waals surface area contributed by atoms with Gasteiger partial charge in [0.05, 0.1) is 17.4 Å². The van der Waals surface area contributed by atoms with Crippen LogP contribution >= 0.6 is 0 Å². The van der Waals surface area contributed by atoms with Crippen LogP contribution < -0.4 is 5.32 Å². The lowest BCUT2D eigenvalue weighted by Crippen LogP contribution is -2.32. The molecular formula is C16H29N3. The Bertz CT molecular complexity index is 389. The van der Waals surface area contributed by atoms with E-state index < -0.39 is 0 Å². The molecule has 1 aromatic rings. The number of rotatable bonds is 5. The summed E-state index contributed by atoms with van der Waals surface area (Å²) in [5, 5.41) is 8.32. The van der Waals surface area contributed by atoms with Crippen LogP contribution in [0, 0.1) is 11.8 Å². The molecule has 1 fully saturated rings. The van der Waals surface area contributed by atoms with Crippen LogP contribution in [-0.4, -0.2) is 16.3 Å². The Kier molecular flexibility index (Phi) is 5.03. The minimum Gasteiger partial charge on any atom is -0.309 e. The molecule has 0 radical (unpaired) electrons. The van der Waals surface area contributed by atoms with Gasteiger partial charge < -0.3 is 5.32 Å². The molecule has 0 aromatic carbocycles. The summed E-state index contributed by atoms with van der Waals surface area (Å²) in [7, 11) is 2.09. The zero-order chi connectivity index (χ0) is 13.8. The van der Waals surface area contributed by atoms with Gasteiger partial charge in [-0.3, -0.25) is 4.68 Å². The van der Waals surface area contributed by atoms with Crippen molar-refractivity contribution in [3.8, 4) is 0 Å². The van der Waals surface area contributed by atoms with Gasteiger partial charge in [-0.25, -0.2) is 0 Å². The van der Waals surface area contributed by atoms with Crippen LogP contribution in [-0.2, 0) is 13.5 Å². The van der Waals surface area contributed by atoms with Gasteiger partial charge in [-0.05, 0) is 43.7 Å². The Morgan fingerprint density at radius 1 is 1.32 bits per heavy atom. The maximum Gasteiger partial charge on any atom is 0.0625 e. The van der Waals surface area contributed by atoms with Crippen molar-refractivity contribution < 1.29 is 0 Å². The van der Waals surface area contributed by atoms with Gasteiger partial charge in [0, 0.05) is 7.05 Å². The average molecular weight is 263 g/mol. The molecule has 0 saturated heterocycles. The normalized spacial score (nSPS) is 25.5. The summed E-state index contributed by atoms with van der Waals surface area (Å²) in [6.07, 6.45) is 6.49. The van der Waals surface area contributed by atoms with Crippen LogP contribution in [0.4, 0.5) is 0 Å². The van der Waals surface area contributed by atoms with Gasteiger partial charge in [0.25, 0.3) is 0 Å². The molecule has 1 N–H and O–H groups in total. The summed E-state index contributed by atoms with van der Waals surface area (Å²) >= 11 is 0. The van der Waals surface area contributed by atoms with Gasteiger partial charge in [-0.15, -0.1) is 0 Å². The highest BCUT2D eigenvalue weighted by molar-refractivity contribution is 5.15. The van der Waals surface area contributed by atoms with Crippen molar-refractivity contribution in [2.24, 2.45) is 18.9 Å². The van der Waals surface area contributed by atoms with Crippen LogP contribution in [0.25, 0.3) is 0 Å². The Morgan fingerprint density at radius 2 is 2.00 bits per heavy atom. The molecule has 1 aliphatic rings. The Labute approximate surface area is 117 Å². The van der Waals surface area contributed by atoms with E-state index in [-0.39, 0.29) is 0 Å². The van der Waals surface area contributed by atoms with Gasteiger partial charge in [0.2, 0.25) is 0 Å². The molecule has 3 heteroatoms. The Balaban J connectivity index is 2.16. The van der Waals surface area contributed by atoms with E-state index in [1.54, 1.807) is 0 Å². The number of hydrogen-bond donors (Lipinski definition) is 1. The van der Waals surface area contributed by atoms with Crippen molar-refractivity contribution in [2.75, 3.05) is 6.54 Å². The van der Waals surface area contributed by atoms with E-state index in [4.69, 9.17) is 0 Å². The molecule has 0 bridgehead atoms. The van der Waals surface area contributed by atoms with Crippen LogP contribution in [0.5, 0.6) is 0 Å². The number of hydrogen-bond acceptors (Lipinski definition) is 2. The molecule has 1 saturated carbocycles. The fourth-order valence-electron chi connectivity index (χ4n) is 3.36. The third-order valence-electron chi connectivity index (χ3n) is 4.60. The summed E-state index contributed by atoms with van der Waals surface area (Å²) < 4.78 is 2.09. The zero-order valence-electron chi connectivity index (χ0n) is 12.9. The number of nitrogens with zero attached hydrogens (tertiary/aromatic N) is 2. The Morgan fingerprint density at radius 3 is 2.53 bits per heavy atom. The van der Waals surface area contributed by atoms with Gasteiger partial charge in [0.1, 0.15) is 0 Å². The zero-order valence-corrected chi connectivity index (χ0v) is 12.9. The Hall–Kier alpha value is -0.830. The third-order valence-corrected chi connectivity index (χ3v) is 4.60. The first-order valence-corrected chi connectivity index (χ1v) is 7.91. The first kappa shape index (κ1) is 14.6. The lowest BCUT2D eigenvalue weighted by Gasteiger charge is -2.33. The van der Waals surface area contributed by atoms with E-state index in [2.05, 4.69) is 49.0 Å². The summed E-state index contributed by atoms with van der Waals surface area (Å²) in [6, 6.07) is 2.78. The van der Waals surface area contributed by atoms with Gasteiger partial charge in [-0.2, -0.15) is 5.10 Å². The van der Waals surface area contributed by atoms with Crippen molar-refractivity contribution in [3.63, 3.8) is 0 Å². The molecule has 1 heterocycles. The van der Waals surface area contributed by atoms with Crippen molar-refractivity contribution in [2.45, 2.75) is 58.9 Å². The monoisotopic (exact) mass is 263 g/mol. The highest BCUT2D eigenvalue weighted by atomic mass is 15.3. The fourth-order valence-corrected chi connectivity index (χ4v) is 3.36. The van der Waals surface area contributed by atoms with E-state index in [1.807, 2.05) is 0 Å². The van der Waals surface area contributed by atoms with Crippen molar-refractivity contribution in [1.82, 2.24) is 15.1 Å². The largest absolute Gasteiger partial charge is 0.309 e. The van der Waals surface area contributed by atoms with Crippen LogP contribution in [0.1, 0.15) is 63.9 Å². The first-order valence-electron chi connectivity index (χ1n) is 7.91. The molecule has 3 nitrogen and oxygen atoms in total. The van der Waals surface area contributed by atoms with Crippen molar-refractivity contribution in [1.29, 1.82) is 0 Å². The standard InChI is InChI=1S/C16H29N3/c1-5-14-11-15(19(4)18-14)16(17-6-2)13-9-7-12(3)8-10-13/h11-13,16-17H,5-10H2,1-4H3. The molecule has 2 rings (SSSR count). The fraction of sp³-hybridized carbons (Fsp3) is 0.812. The maximum absolute atomic E-state index is 4.62. The van der Waals surface area contributed by atoms with Crippen molar-refractivity contribution in [3.05, 3.63) is 17.5 Å². The lowest BCUT2D eigenvalue weighted by atomic mass is 9.78. The predicted octanol–water partition coefficient (Wildman–Crippen LogP) is 3.46. The van der Waals surface area contributed by atoms with E-state index in [9.17, 15) is 0 Å². The molecule has 1 aliphatic carbocycles. The van der Waals surface area contributed by atoms with Crippen LogP contribution in [0.3, 0.4) is 0 Å². The van der Waals surface area contributed by atoms with Gasteiger partial charge >= 0.3 is 0 Å². The molecule has 0 amide bonds. The molecular weight excluding hydrogens is 234 g/mol. The quantitative estimate of drug-likeness (QED) is 0.881. The molecule has 1 aromatic heterocycles. The maximum atomic E-state index is 4.62. The number of aromatic nitrogens is 2. The third kappa shape index (κ3) is 3.38. The number of nitrogens with one attached hydrogen (secondary N) is 1. The topological polar surface area (TPSA) is 29.9 Å². The molecule has 1 atom stereocenters. The molecule has 0 spiro atoms. The van der Waals surface area contributed by atoms with Crippen molar-refractivity contribution >= 4 is 0 Å². The molecule has 1 unspecified atom stereocenters. The second-order valence-corrected chi connectivity index (χ2v) is 6.09. The van der Waals surface area contributed by atoms with Gasteiger partial charge in [-0.1, -0.05) is 33.6 Å². The second kappa shape index (κ2) is 6.56. The van der Waals surface area contributed by atoms with Gasteiger partial charge in [0.15, 0.2) is 0 Å². The van der Waals surface area contributed by atoms with Crippen LogP contribution in [0.15, 0.2) is 6.07 Å².